The van der Waals surface area contributed by atoms with E-state index in [1.54, 1.807) is 6.20 Å². The molecule has 2 aromatic rings. The summed E-state index contributed by atoms with van der Waals surface area (Å²) in [5.74, 6) is 0.854. The fourth-order valence-electron chi connectivity index (χ4n) is 1.71. The molecule has 19 heavy (non-hydrogen) atoms. The van der Waals surface area contributed by atoms with E-state index in [2.05, 4.69) is 23.9 Å². The monoisotopic (exact) mass is 269 g/mol. The van der Waals surface area contributed by atoms with Gasteiger partial charge in [0.15, 0.2) is 5.82 Å². The molecule has 102 valence electrons. The molecule has 0 saturated carbocycles. The summed E-state index contributed by atoms with van der Waals surface area (Å²) in [6, 6.07) is 4.17. The van der Waals surface area contributed by atoms with E-state index in [1.165, 1.54) is 10.7 Å². The van der Waals surface area contributed by atoms with Crippen molar-refractivity contribution in [3.63, 3.8) is 0 Å². The van der Waals surface area contributed by atoms with Crippen LogP contribution in [0.25, 0.3) is 5.82 Å². The van der Waals surface area contributed by atoms with Crippen LogP contribution < -0.4 is 0 Å². The number of hydrogen-bond donors (Lipinski definition) is 0. The Morgan fingerprint density at radius 3 is 2.47 bits per heavy atom. The molecule has 0 radical (unpaired) electrons. The summed E-state index contributed by atoms with van der Waals surface area (Å²) in [5.41, 5.74) is 0.141. The van der Waals surface area contributed by atoms with Gasteiger partial charge in [-0.25, -0.2) is 9.67 Å². The lowest BCUT2D eigenvalue weighted by molar-refractivity contribution is -0.137. The van der Waals surface area contributed by atoms with Crippen molar-refractivity contribution < 1.29 is 13.2 Å². The third kappa shape index (κ3) is 3.33. The lowest BCUT2D eigenvalue weighted by Crippen LogP contribution is -2.07. The topological polar surface area (TPSA) is 30.7 Å². The molecular formula is C13H14F3N3. The van der Waals surface area contributed by atoms with Crippen LogP contribution in [0.2, 0.25) is 0 Å². The van der Waals surface area contributed by atoms with Crippen LogP contribution in [0, 0.1) is 5.92 Å². The highest BCUT2D eigenvalue weighted by Gasteiger charge is 2.30. The number of nitrogens with zero attached hydrogens (tertiary/aromatic N) is 3. The molecule has 0 aromatic carbocycles. The minimum absolute atomic E-state index is 0.378. The summed E-state index contributed by atoms with van der Waals surface area (Å²) < 4.78 is 38.7. The number of hydrogen-bond acceptors (Lipinski definition) is 2. The van der Waals surface area contributed by atoms with Gasteiger partial charge in [0.2, 0.25) is 0 Å². The van der Waals surface area contributed by atoms with Gasteiger partial charge in [0, 0.05) is 12.4 Å². The Morgan fingerprint density at radius 2 is 1.95 bits per heavy atom. The molecule has 0 saturated heterocycles. The van der Waals surface area contributed by atoms with Crippen LogP contribution in [0.5, 0.6) is 0 Å². The lowest BCUT2D eigenvalue weighted by atomic mass is 10.1. The minimum Gasteiger partial charge on any atom is -0.237 e. The van der Waals surface area contributed by atoms with Crippen LogP contribution in [0.15, 0.2) is 30.6 Å². The number of halogens is 3. The number of pyridine rings is 1. The molecule has 2 heterocycles. The first-order chi connectivity index (χ1) is 8.86. The predicted octanol–water partition coefficient (Wildman–Crippen LogP) is 3.48. The highest BCUT2D eigenvalue weighted by atomic mass is 19.4. The Morgan fingerprint density at radius 1 is 1.21 bits per heavy atom. The maximum atomic E-state index is 12.4. The van der Waals surface area contributed by atoms with Crippen LogP contribution in [-0.2, 0) is 12.6 Å². The molecule has 0 unspecified atom stereocenters. The second-order valence-electron chi connectivity index (χ2n) is 4.75. The summed E-state index contributed by atoms with van der Waals surface area (Å²) in [4.78, 5) is 3.79. The van der Waals surface area contributed by atoms with Crippen LogP contribution in [0.3, 0.4) is 0 Å². The van der Waals surface area contributed by atoms with Crippen molar-refractivity contribution in [2.45, 2.75) is 26.4 Å². The first-order valence-corrected chi connectivity index (χ1v) is 5.94. The maximum absolute atomic E-state index is 12.4. The van der Waals surface area contributed by atoms with Gasteiger partial charge in [-0.15, -0.1) is 0 Å². The number of rotatable bonds is 3. The molecule has 0 bridgehead atoms. The number of aromatic nitrogens is 3. The van der Waals surface area contributed by atoms with Gasteiger partial charge < -0.3 is 0 Å². The van der Waals surface area contributed by atoms with Crippen molar-refractivity contribution in [1.82, 2.24) is 14.8 Å². The van der Waals surface area contributed by atoms with Crippen LogP contribution in [0.4, 0.5) is 13.2 Å². The second-order valence-corrected chi connectivity index (χ2v) is 4.75. The molecule has 6 heteroatoms. The Kier molecular flexibility index (Phi) is 3.59. The Balaban J connectivity index is 2.20. The van der Waals surface area contributed by atoms with Gasteiger partial charge in [-0.2, -0.15) is 18.3 Å². The molecule has 0 spiro atoms. The molecule has 0 atom stereocenters. The van der Waals surface area contributed by atoms with Crippen molar-refractivity contribution in [3.05, 3.63) is 41.9 Å². The Bertz CT molecular complexity index is 541. The molecule has 0 fully saturated rings. The predicted molar refractivity (Wildman–Crippen MR) is 64.9 cm³/mol. The molecule has 0 aliphatic heterocycles. The minimum atomic E-state index is -4.36. The van der Waals surface area contributed by atoms with E-state index in [-0.39, 0.29) is 0 Å². The van der Waals surface area contributed by atoms with Crippen molar-refractivity contribution in [2.75, 3.05) is 0 Å². The average molecular weight is 269 g/mol. The van der Waals surface area contributed by atoms with E-state index in [4.69, 9.17) is 0 Å². The van der Waals surface area contributed by atoms with Gasteiger partial charge in [0.05, 0.1) is 11.3 Å². The first-order valence-electron chi connectivity index (χ1n) is 5.94. The zero-order valence-corrected chi connectivity index (χ0v) is 10.6. The van der Waals surface area contributed by atoms with Crippen molar-refractivity contribution in [3.8, 4) is 5.82 Å². The highest BCUT2D eigenvalue weighted by Crippen LogP contribution is 2.28. The average Bonchev–Trinajstić information content (AvgIpc) is 2.75. The summed E-state index contributed by atoms with van der Waals surface area (Å²) >= 11 is 0. The molecule has 2 rings (SSSR count). The summed E-state index contributed by atoms with van der Waals surface area (Å²) in [7, 11) is 0. The molecule has 0 aliphatic rings. The van der Waals surface area contributed by atoms with E-state index < -0.39 is 11.7 Å². The smallest absolute Gasteiger partial charge is 0.237 e. The second kappa shape index (κ2) is 5.03. The maximum Gasteiger partial charge on any atom is 0.417 e. The zero-order valence-electron chi connectivity index (χ0n) is 10.6. The Labute approximate surface area is 109 Å². The normalized spacial score (nSPS) is 12.1. The van der Waals surface area contributed by atoms with E-state index in [1.807, 2.05) is 6.07 Å². The van der Waals surface area contributed by atoms with Crippen LogP contribution >= 0.6 is 0 Å². The van der Waals surface area contributed by atoms with Gasteiger partial charge in [0.25, 0.3) is 0 Å². The molecule has 0 aliphatic carbocycles. The largest absolute Gasteiger partial charge is 0.417 e. The van der Waals surface area contributed by atoms with Crippen LogP contribution in [-0.4, -0.2) is 14.8 Å². The van der Waals surface area contributed by atoms with E-state index in [0.29, 0.717) is 11.7 Å². The summed E-state index contributed by atoms with van der Waals surface area (Å²) in [5, 5.41) is 4.29. The standard InChI is InChI=1S/C13H14F3N3/c1-9(2)7-11-5-6-19(18-11)12-4-3-10(8-17-12)13(14,15)16/h3-6,8-9H,7H2,1-2H3. The number of alkyl halides is 3. The summed E-state index contributed by atoms with van der Waals surface area (Å²) in [6.07, 6.45) is -1.02. The lowest BCUT2D eigenvalue weighted by Gasteiger charge is -2.06. The third-order valence-corrected chi connectivity index (χ3v) is 2.57. The van der Waals surface area contributed by atoms with Crippen molar-refractivity contribution in [2.24, 2.45) is 5.92 Å². The zero-order chi connectivity index (χ0) is 14.0. The quantitative estimate of drug-likeness (QED) is 0.854. The first kappa shape index (κ1) is 13.6. The van der Waals surface area contributed by atoms with Gasteiger partial charge in [0.1, 0.15) is 0 Å². The van der Waals surface area contributed by atoms with Crippen LogP contribution in [0.1, 0.15) is 25.1 Å². The molecular weight excluding hydrogens is 255 g/mol. The Hall–Kier alpha value is -1.85. The van der Waals surface area contributed by atoms with Crippen molar-refractivity contribution in [1.29, 1.82) is 0 Å². The van der Waals surface area contributed by atoms with Gasteiger partial charge in [-0.05, 0) is 30.5 Å². The highest BCUT2D eigenvalue weighted by molar-refractivity contribution is 5.26. The molecule has 3 nitrogen and oxygen atoms in total. The van der Waals surface area contributed by atoms with E-state index >= 15 is 0 Å². The van der Waals surface area contributed by atoms with Gasteiger partial charge >= 0.3 is 6.18 Å². The molecule has 0 N–H and O–H groups in total. The summed E-state index contributed by atoms with van der Waals surface area (Å²) in [6.45, 7) is 4.16. The fourth-order valence-corrected chi connectivity index (χ4v) is 1.71. The molecule has 0 amide bonds. The third-order valence-electron chi connectivity index (χ3n) is 2.57. The van der Waals surface area contributed by atoms with E-state index in [9.17, 15) is 13.2 Å². The van der Waals surface area contributed by atoms with Gasteiger partial charge in [-0.3, -0.25) is 0 Å². The van der Waals surface area contributed by atoms with Crippen molar-refractivity contribution >= 4 is 0 Å². The SMILES string of the molecule is CC(C)Cc1ccn(-c2ccc(C(F)(F)F)cn2)n1. The molecule has 2 aromatic heterocycles. The van der Waals surface area contributed by atoms with E-state index in [0.717, 1.165) is 24.4 Å². The van der Waals surface area contributed by atoms with Gasteiger partial charge in [-0.1, -0.05) is 13.8 Å². The fraction of sp³-hybridized carbons (Fsp3) is 0.385.